The predicted molar refractivity (Wildman–Crippen MR) is 91.4 cm³/mol. The Bertz CT molecular complexity index is 628. The van der Waals surface area contributed by atoms with Gasteiger partial charge in [-0.05, 0) is 28.4 Å². The Kier molecular flexibility index (Phi) is 5.48. The Morgan fingerprint density at radius 3 is 2.83 bits per heavy atom. The average Bonchev–Trinajstić information content (AvgIpc) is 3.07. The number of carbonyl (C=O) groups is 2. The molecule has 0 saturated carbocycles. The highest BCUT2D eigenvalue weighted by Gasteiger charge is 2.36. The molecule has 0 unspecified atom stereocenters. The Hall–Kier alpha value is -1.80. The molecule has 1 aromatic rings. The van der Waals surface area contributed by atoms with Crippen LogP contribution in [0.3, 0.4) is 0 Å². The van der Waals surface area contributed by atoms with E-state index in [2.05, 4.69) is 27.8 Å². The van der Waals surface area contributed by atoms with Crippen molar-refractivity contribution in [3.63, 3.8) is 0 Å². The molecular formula is C15H21BrN4O3. The van der Waals surface area contributed by atoms with Gasteiger partial charge in [0.1, 0.15) is 5.82 Å². The summed E-state index contributed by atoms with van der Waals surface area (Å²) >= 11 is 3.38. The largest absolute Gasteiger partial charge is 0.383 e. The molecule has 1 saturated heterocycles. The normalized spacial score (nSPS) is 20.6. The van der Waals surface area contributed by atoms with Gasteiger partial charge in [0, 0.05) is 26.9 Å². The highest BCUT2D eigenvalue weighted by atomic mass is 79.9. The third-order valence-electron chi connectivity index (χ3n) is 4.07. The van der Waals surface area contributed by atoms with Gasteiger partial charge in [0.25, 0.3) is 5.91 Å². The minimum atomic E-state index is -0.509. The Morgan fingerprint density at radius 2 is 2.30 bits per heavy atom. The summed E-state index contributed by atoms with van der Waals surface area (Å²) in [5.41, 5.74) is 5.86. The number of ether oxygens (including phenoxy) is 1. The molecule has 2 rings (SSSR count). The number of hydrogen-bond acceptors (Lipinski definition) is 4. The lowest BCUT2D eigenvalue weighted by Crippen LogP contribution is -2.37. The quantitative estimate of drug-likeness (QED) is 0.724. The van der Waals surface area contributed by atoms with E-state index in [1.807, 2.05) is 10.8 Å². The van der Waals surface area contributed by atoms with Crippen LogP contribution >= 0.6 is 15.9 Å². The molecule has 0 bridgehead atoms. The van der Waals surface area contributed by atoms with Crippen LogP contribution in [0.25, 0.3) is 0 Å². The van der Waals surface area contributed by atoms with Gasteiger partial charge in [0.05, 0.1) is 28.7 Å². The highest BCUT2D eigenvalue weighted by Crippen LogP contribution is 2.35. The highest BCUT2D eigenvalue weighted by molar-refractivity contribution is 9.10. The second kappa shape index (κ2) is 7.18. The first-order chi connectivity index (χ1) is 10.9. The number of halogens is 1. The Balaban J connectivity index is 2.36. The molecule has 0 spiro atoms. The van der Waals surface area contributed by atoms with E-state index in [0.29, 0.717) is 29.0 Å². The number of aromatic nitrogens is 1. The number of methoxy groups -OCH3 is 1. The summed E-state index contributed by atoms with van der Waals surface area (Å²) in [5, 5.41) is 3.03. The molecule has 126 valence electrons. The van der Waals surface area contributed by atoms with Crippen LogP contribution in [-0.2, 0) is 9.53 Å². The SMILES string of the molecule is C=CC(=O)N1C[C@@H](n2cc(Br)c(C(N)=O)c2NC)C[C@@H]1COC. The summed E-state index contributed by atoms with van der Waals surface area (Å²) in [7, 11) is 3.35. The number of likely N-dealkylation sites (tertiary alicyclic amines) is 1. The molecule has 0 radical (unpaired) electrons. The fourth-order valence-corrected chi connectivity index (χ4v) is 3.70. The van der Waals surface area contributed by atoms with E-state index in [1.165, 1.54) is 6.08 Å². The van der Waals surface area contributed by atoms with Gasteiger partial charge >= 0.3 is 0 Å². The number of hydrogen-bond donors (Lipinski definition) is 2. The van der Waals surface area contributed by atoms with Gasteiger partial charge in [-0.2, -0.15) is 0 Å². The van der Waals surface area contributed by atoms with Gasteiger partial charge in [-0.1, -0.05) is 6.58 Å². The summed E-state index contributed by atoms with van der Waals surface area (Å²) in [6, 6.07) is -0.00990. The molecule has 0 aromatic carbocycles. The number of nitrogens with one attached hydrogen (secondary N) is 1. The van der Waals surface area contributed by atoms with Gasteiger partial charge in [-0.3, -0.25) is 9.59 Å². The van der Waals surface area contributed by atoms with Crippen LogP contribution in [0.5, 0.6) is 0 Å². The molecule has 1 fully saturated rings. The topological polar surface area (TPSA) is 89.6 Å². The van der Waals surface area contributed by atoms with Crippen molar-refractivity contribution < 1.29 is 14.3 Å². The van der Waals surface area contributed by atoms with Gasteiger partial charge in [0.2, 0.25) is 5.91 Å². The Morgan fingerprint density at radius 1 is 1.61 bits per heavy atom. The first-order valence-electron chi connectivity index (χ1n) is 7.24. The van der Waals surface area contributed by atoms with Gasteiger partial charge in [0.15, 0.2) is 0 Å². The van der Waals surface area contributed by atoms with Crippen LogP contribution in [0.15, 0.2) is 23.3 Å². The lowest BCUT2D eigenvalue weighted by Gasteiger charge is -2.22. The van der Waals surface area contributed by atoms with Gasteiger partial charge in [-0.25, -0.2) is 0 Å². The maximum atomic E-state index is 12.1. The van der Waals surface area contributed by atoms with Crippen molar-refractivity contribution in [1.29, 1.82) is 0 Å². The van der Waals surface area contributed by atoms with Crippen LogP contribution in [0.4, 0.5) is 5.82 Å². The van der Waals surface area contributed by atoms with Gasteiger partial charge in [-0.15, -0.1) is 0 Å². The summed E-state index contributed by atoms with van der Waals surface area (Å²) in [4.78, 5) is 25.5. The molecule has 3 N–H and O–H groups in total. The fourth-order valence-electron chi connectivity index (χ4n) is 3.10. The number of rotatable bonds is 6. The second-order valence-corrected chi connectivity index (χ2v) is 6.27. The average molecular weight is 385 g/mol. The summed E-state index contributed by atoms with van der Waals surface area (Å²) < 4.78 is 7.80. The fraction of sp³-hybridized carbons (Fsp3) is 0.467. The molecule has 7 nitrogen and oxygen atoms in total. The van der Waals surface area contributed by atoms with Crippen molar-refractivity contribution in [2.24, 2.45) is 5.73 Å². The van der Waals surface area contributed by atoms with Crippen molar-refractivity contribution in [1.82, 2.24) is 9.47 Å². The molecule has 23 heavy (non-hydrogen) atoms. The monoisotopic (exact) mass is 384 g/mol. The number of carbonyl (C=O) groups excluding carboxylic acids is 2. The van der Waals surface area contributed by atoms with Gasteiger partial charge < -0.3 is 25.3 Å². The maximum absolute atomic E-state index is 12.1. The molecule has 2 atom stereocenters. The zero-order valence-corrected chi connectivity index (χ0v) is 14.8. The standard InChI is InChI=1S/C15H21BrN4O3/c1-4-12(21)19-6-9(5-10(19)8-23-3)20-7-11(16)13(14(17)22)15(20)18-2/h4,7,9-10,18H,1,5-6,8H2,2-3H3,(H2,17,22)/t9-,10+/m0/s1. The van der Waals surface area contributed by atoms with E-state index in [0.717, 1.165) is 6.42 Å². The number of primary amides is 1. The Labute approximate surface area is 143 Å². The van der Waals surface area contributed by atoms with Crippen LogP contribution in [0.2, 0.25) is 0 Å². The molecule has 2 heterocycles. The molecular weight excluding hydrogens is 364 g/mol. The smallest absolute Gasteiger partial charge is 0.253 e. The van der Waals surface area contributed by atoms with E-state index >= 15 is 0 Å². The summed E-state index contributed by atoms with van der Waals surface area (Å²) in [6.45, 7) is 4.53. The molecule has 8 heteroatoms. The zero-order chi connectivity index (χ0) is 17.1. The maximum Gasteiger partial charge on any atom is 0.253 e. The molecule has 2 amide bonds. The minimum absolute atomic E-state index is 0.0194. The number of anilines is 1. The second-order valence-electron chi connectivity index (χ2n) is 5.42. The summed E-state index contributed by atoms with van der Waals surface area (Å²) in [6.07, 6.45) is 3.86. The van der Waals surface area contributed by atoms with Crippen LogP contribution < -0.4 is 11.1 Å². The van der Waals surface area contributed by atoms with Crippen LogP contribution in [0, 0.1) is 0 Å². The first-order valence-corrected chi connectivity index (χ1v) is 8.03. The number of nitrogens with zero attached hydrogens (tertiary/aromatic N) is 2. The van der Waals surface area contributed by atoms with Crippen molar-refractivity contribution in [3.8, 4) is 0 Å². The van der Waals surface area contributed by atoms with E-state index in [4.69, 9.17) is 10.5 Å². The van der Waals surface area contributed by atoms with Crippen molar-refractivity contribution in [2.75, 3.05) is 32.6 Å². The molecule has 1 aliphatic rings. The predicted octanol–water partition coefficient (Wildman–Crippen LogP) is 1.37. The molecule has 1 aromatic heterocycles. The van der Waals surface area contributed by atoms with E-state index < -0.39 is 5.91 Å². The molecule has 0 aliphatic carbocycles. The first kappa shape index (κ1) is 17.6. The van der Waals surface area contributed by atoms with E-state index in [1.54, 1.807) is 19.1 Å². The zero-order valence-electron chi connectivity index (χ0n) is 13.2. The van der Waals surface area contributed by atoms with E-state index in [9.17, 15) is 9.59 Å². The number of amides is 2. The summed E-state index contributed by atoms with van der Waals surface area (Å²) in [5.74, 6) is 0.00536. The molecule has 1 aliphatic heterocycles. The van der Waals surface area contributed by atoms with E-state index in [-0.39, 0.29) is 18.0 Å². The van der Waals surface area contributed by atoms with Crippen molar-refractivity contribution in [3.05, 3.63) is 28.9 Å². The minimum Gasteiger partial charge on any atom is -0.383 e. The lowest BCUT2D eigenvalue weighted by molar-refractivity contribution is -0.127. The lowest BCUT2D eigenvalue weighted by atomic mass is 10.1. The van der Waals surface area contributed by atoms with Crippen LogP contribution in [0.1, 0.15) is 22.8 Å². The van der Waals surface area contributed by atoms with Crippen molar-refractivity contribution >= 4 is 33.6 Å². The third kappa shape index (κ3) is 3.28. The van der Waals surface area contributed by atoms with Crippen molar-refractivity contribution in [2.45, 2.75) is 18.5 Å². The number of nitrogens with two attached hydrogens (primary N) is 1. The third-order valence-corrected chi connectivity index (χ3v) is 4.67. The van der Waals surface area contributed by atoms with Crippen LogP contribution in [-0.4, -0.2) is 54.6 Å².